The summed E-state index contributed by atoms with van der Waals surface area (Å²) in [5.41, 5.74) is 3.22. The lowest BCUT2D eigenvalue weighted by molar-refractivity contribution is -0.123. The van der Waals surface area contributed by atoms with E-state index in [9.17, 15) is 4.79 Å². The summed E-state index contributed by atoms with van der Waals surface area (Å²) >= 11 is 5.74. The van der Waals surface area contributed by atoms with Crippen LogP contribution in [-0.2, 0) is 4.79 Å². The minimum atomic E-state index is -0.342. The predicted molar refractivity (Wildman–Crippen MR) is 76.9 cm³/mol. The average Bonchev–Trinajstić information content (AvgIpc) is 2.48. The largest absolute Gasteiger partial charge is 0.484 e. The Morgan fingerprint density at radius 2 is 1.95 bits per heavy atom. The molecule has 1 aromatic carbocycles. The highest BCUT2D eigenvalue weighted by molar-refractivity contribution is 6.30. The monoisotopic (exact) mass is 289 g/mol. The van der Waals surface area contributed by atoms with E-state index in [-0.39, 0.29) is 12.5 Å². The molecule has 0 saturated carbocycles. The molecule has 0 atom stereocenters. The molecule has 0 aliphatic rings. The van der Waals surface area contributed by atoms with Gasteiger partial charge in [-0.3, -0.25) is 9.78 Å². The third-order valence-electron chi connectivity index (χ3n) is 2.29. The van der Waals surface area contributed by atoms with Gasteiger partial charge < -0.3 is 4.74 Å². The number of carbonyl (C=O) groups excluding carboxylic acids is 1. The summed E-state index contributed by atoms with van der Waals surface area (Å²) in [7, 11) is 0. The number of aromatic nitrogens is 1. The first-order chi connectivity index (χ1) is 9.74. The summed E-state index contributed by atoms with van der Waals surface area (Å²) < 4.78 is 5.27. The molecule has 0 fully saturated rings. The van der Waals surface area contributed by atoms with E-state index in [4.69, 9.17) is 16.3 Å². The molecule has 1 N–H and O–H groups in total. The number of halogens is 1. The number of nitrogens with zero attached hydrogens (tertiary/aromatic N) is 2. The molecule has 0 unspecified atom stereocenters. The average molecular weight is 290 g/mol. The van der Waals surface area contributed by atoms with Gasteiger partial charge in [-0.05, 0) is 42.0 Å². The van der Waals surface area contributed by atoms with Gasteiger partial charge in [0.25, 0.3) is 5.91 Å². The fourth-order valence-electron chi connectivity index (χ4n) is 1.34. The molecule has 0 saturated heterocycles. The van der Waals surface area contributed by atoms with Crippen molar-refractivity contribution in [3.8, 4) is 5.75 Å². The van der Waals surface area contributed by atoms with E-state index in [1.807, 2.05) is 0 Å². The van der Waals surface area contributed by atoms with Crippen molar-refractivity contribution in [1.82, 2.24) is 10.4 Å². The summed E-state index contributed by atoms with van der Waals surface area (Å²) in [6.07, 6.45) is 4.82. The molecule has 5 nitrogen and oxygen atoms in total. The van der Waals surface area contributed by atoms with Crippen LogP contribution in [0.1, 0.15) is 5.56 Å². The molecule has 0 bridgehead atoms. The van der Waals surface area contributed by atoms with Crippen molar-refractivity contribution in [1.29, 1.82) is 0 Å². The van der Waals surface area contributed by atoms with E-state index >= 15 is 0 Å². The molecule has 2 aromatic rings. The highest BCUT2D eigenvalue weighted by Crippen LogP contribution is 2.15. The zero-order valence-electron chi connectivity index (χ0n) is 10.5. The van der Waals surface area contributed by atoms with Crippen LogP contribution in [0.4, 0.5) is 0 Å². The van der Waals surface area contributed by atoms with Gasteiger partial charge in [-0.1, -0.05) is 11.6 Å². The molecule has 6 heteroatoms. The number of benzene rings is 1. The SMILES string of the molecule is O=C(COc1ccc(Cl)cc1)N/N=C/c1ccncc1. The van der Waals surface area contributed by atoms with Gasteiger partial charge in [-0.25, -0.2) is 5.43 Å². The number of hydrogen-bond acceptors (Lipinski definition) is 4. The first-order valence-corrected chi connectivity index (χ1v) is 6.22. The summed E-state index contributed by atoms with van der Waals surface area (Å²) in [4.78, 5) is 15.4. The van der Waals surface area contributed by atoms with E-state index in [1.54, 1.807) is 48.8 Å². The number of nitrogens with one attached hydrogen (secondary N) is 1. The molecule has 0 aliphatic heterocycles. The van der Waals surface area contributed by atoms with Crippen LogP contribution in [0, 0.1) is 0 Å². The topological polar surface area (TPSA) is 63.6 Å². The van der Waals surface area contributed by atoms with Gasteiger partial charge in [0, 0.05) is 17.4 Å². The minimum absolute atomic E-state index is 0.116. The molecule has 102 valence electrons. The summed E-state index contributed by atoms with van der Waals surface area (Å²) in [6, 6.07) is 10.3. The number of carbonyl (C=O) groups is 1. The van der Waals surface area contributed by atoms with Crippen LogP contribution < -0.4 is 10.2 Å². The van der Waals surface area contributed by atoms with Gasteiger partial charge in [0.15, 0.2) is 6.61 Å². The quantitative estimate of drug-likeness (QED) is 0.678. The minimum Gasteiger partial charge on any atom is -0.484 e. The van der Waals surface area contributed by atoms with Gasteiger partial charge in [0.1, 0.15) is 5.75 Å². The zero-order valence-corrected chi connectivity index (χ0v) is 11.2. The summed E-state index contributed by atoms with van der Waals surface area (Å²) in [6.45, 7) is -0.116. The predicted octanol–water partition coefficient (Wildman–Crippen LogP) is 2.26. The van der Waals surface area contributed by atoms with Crippen LogP contribution in [-0.4, -0.2) is 23.7 Å². The number of ether oxygens (including phenoxy) is 1. The van der Waals surface area contributed by atoms with Crippen LogP contribution in [0.5, 0.6) is 5.75 Å². The molecule has 1 heterocycles. The normalized spacial score (nSPS) is 10.4. The number of amides is 1. The Kier molecular flexibility index (Phi) is 5.08. The Hall–Kier alpha value is -2.40. The first kappa shape index (κ1) is 14.0. The molecule has 1 amide bonds. The molecular formula is C14H12ClN3O2. The van der Waals surface area contributed by atoms with Crippen molar-refractivity contribution in [3.05, 3.63) is 59.4 Å². The third kappa shape index (κ3) is 4.70. The van der Waals surface area contributed by atoms with Gasteiger partial charge in [-0.2, -0.15) is 5.10 Å². The summed E-state index contributed by atoms with van der Waals surface area (Å²) in [5.74, 6) is 0.230. The van der Waals surface area contributed by atoms with Crippen LogP contribution in [0.3, 0.4) is 0 Å². The summed E-state index contributed by atoms with van der Waals surface area (Å²) in [5, 5.41) is 4.43. The maximum absolute atomic E-state index is 11.5. The number of hydrogen-bond donors (Lipinski definition) is 1. The Morgan fingerprint density at radius 3 is 2.65 bits per heavy atom. The number of hydrazone groups is 1. The van der Waals surface area contributed by atoms with E-state index in [2.05, 4.69) is 15.5 Å². The zero-order chi connectivity index (χ0) is 14.2. The highest BCUT2D eigenvalue weighted by atomic mass is 35.5. The Morgan fingerprint density at radius 1 is 1.25 bits per heavy atom. The molecule has 2 rings (SSSR count). The first-order valence-electron chi connectivity index (χ1n) is 5.84. The molecule has 0 aliphatic carbocycles. The lowest BCUT2D eigenvalue weighted by Gasteiger charge is -2.04. The van der Waals surface area contributed by atoms with Gasteiger partial charge in [0.05, 0.1) is 6.21 Å². The Balaban J connectivity index is 1.76. The second-order valence-electron chi connectivity index (χ2n) is 3.82. The van der Waals surface area contributed by atoms with Crippen molar-refractivity contribution >= 4 is 23.7 Å². The van der Waals surface area contributed by atoms with Gasteiger partial charge in [-0.15, -0.1) is 0 Å². The van der Waals surface area contributed by atoms with Crippen LogP contribution in [0.15, 0.2) is 53.9 Å². The van der Waals surface area contributed by atoms with Gasteiger partial charge in [0.2, 0.25) is 0 Å². The fraction of sp³-hybridized carbons (Fsp3) is 0.0714. The lowest BCUT2D eigenvalue weighted by Crippen LogP contribution is -2.24. The molecule has 1 aromatic heterocycles. The fourth-order valence-corrected chi connectivity index (χ4v) is 1.47. The van der Waals surface area contributed by atoms with E-state index < -0.39 is 0 Å². The smallest absolute Gasteiger partial charge is 0.277 e. The standard InChI is InChI=1S/C14H12ClN3O2/c15-12-1-3-13(4-2-12)20-10-14(19)18-17-9-11-5-7-16-8-6-11/h1-9H,10H2,(H,18,19)/b17-9+. The van der Waals surface area contributed by atoms with Crippen molar-refractivity contribution in [3.63, 3.8) is 0 Å². The third-order valence-corrected chi connectivity index (χ3v) is 2.54. The highest BCUT2D eigenvalue weighted by Gasteiger charge is 2.01. The second kappa shape index (κ2) is 7.25. The molecule has 20 heavy (non-hydrogen) atoms. The molecule has 0 spiro atoms. The van der Waals surface area contributed by atoms with Crippen LogP contribution >= 0.6 is 11.6 Å². The molecule has 0 radical (unpaired) electrons. The second-order valence-corrected chi connectivity index (χ2v) is 4.25. The van der Waals surface area contributed by atoms with Crippen LogP contribution in [0.2, 0.25) is 5.02 Å². The van der Waals surface area contributed by atoms with Crippen molar-refractivity contribution in [2.45, 2.75) is 0 Å². The van der Waals surface area contributed by atoms with Crippen molar-refractivity contribution in [2.75, 3.05) is 6.61 Å². The van der Waals surface area contributed by atoms with Crippen LogP contribution in [0.25, 0.3) is 0 Å². The number of pyridine rings is 1. The van der Waals surface area contributed by atoms with E-state index in [0.29, 0.717) is 10.8 Å². The van der Waals surface area contributed by atoms with Crippen molar-refractivity contribution < 1.29 is 9.53 Å². The Labute approximate surface area is 121 Å². The van der Waals surface area contributed by atoms with Gasteiger partial charge >= 0.3 is 0 Å². The Bertz CT molecular complexity index is 585. The van der Waals surface area contributed by atoms with E-state index in [0.717, 1.165) is 5.56 Å². The maximum atomic E-state index is 11.5. The van der Waals surface area contributed by atoms with E-state index in [1.165, 1.54) is 6.21 Å². The number of rotatable bonds is 5. The molecular weight excluding hydrogens is 278 g/mol. The lowest BCUT2D eigenvalue weighted by atomic mass is 10.3. The maximum Gasteiger partial charge on any atom is 0.277 e. The van der Waals surface area contributed by atoms with Crippen molar-refractivity contribution in [2.24, 2.45) is 5.10 Å².